The summed E-state index contributed by atoms with van der Waals surface area (Å²) in [4.78, 5) is 31.4. The number of carbonyl (C=O) groups excluding carboxylic acids is 1. The first-order chi connectivity index (χ1) is 16.2. The van der Waals surface area contributed by atoms with Crippen LogP contribution in [-0.2, 0) is 14.8 Å². The van der Waals surface area contributed by atoms with E-state index < -0.39 is 15.7 Å². The molecule has 1 atom stereocenters. The quantitative estimate of drug-likeness (QED) is 0.382. The number of benzene rings is 2. The third kappa shape index (κ3) is 5.85. The van der Waals surface area contributed by atoms with Crippen LogP contribution in [-0.4, -0.2) is 68.1 Å². The lowest BCUT2D eigenvalue weighted by molar-refractivity contribution is -0.0295. The highest BCUT2D eigenvalue weighted by molar-refractivity contribution is 7.92. The molecule has 0 aliphatic carbocycles. The predicted octanol–water partition coefficient (Wildman–Crippen LogP) is 1.74. The molecule has 3 aromatic rings. The zero-order valence-corrected chi connectivity index (χ0v) is 19.9. The summed E-state index contributed by atoms with van der Waals surface area (Å²) in [5.74, 6) is 0.325. The Balaban J connectivity index is 1.34. The Bertz CT molecular complexity index is 1310. The number of hydrogen-bond donors (Lipinski definition) is 4. The van der Waals surface area contributed by atoms with Crippen molar-refractivity contribution in [3.63, 3.8) is 0 Å². The number of imidazole rings is 1. The van der Waals surface area contributed by atoms with Crippen molar-refractivity contribution in [3.8, 4) is 0 Å². The van der Waals surface area contributed by atoms with Crippen molar-refractivity contribution in [2.45, 2.75) is 24.8 Å². The number of aromatic amines is 2. The number of fused-ring (bicyclic) bond motifs is 1. The molecule has 11 heteroatoms. The average Bonchev–Trinajstić information content (AvgIpc) is 3.17. The first-order valence-corrected chi connectivity index (χ1v) is 12.6. The number of nitrogens with one attached hydrogen (secondary N) is 4. The van der Waals surface area contributed by atoms with Gasteiger partial charge in [-0.05, 0) is 48.4 Å². The molecule has 0 saturated carbocycles. The Hall–Kier alpha value is -3.15. The number of H-pyrrole nitrogens is 2. The minimum absolute atomic E-state index is 0.0102. The number of rotatable bonds is 8. The lowest BCUT2D eigenvalue weighted by atomic mass is 10.1. The third-order valence-corrected chi connectivity index (χ3v) is 6.91. The maximum absolute atomic E-state index is 12.7. The molecule has 1 fully saturated rings. The van der Waals surface area contributed by atoms with E-state index in [9.17, 15) is 18.0 Å². The number of amides is 1. The van der Waals surface area contributed by atoms with Crippen LogP contribution in [0.3, 0.4) is 0 Å². The van der Waals surface area contributed by atoms with Gasteiger partial charge < -0.3 is 20.0 Å². The molecule has 2 aromatic carbocycles. The van der Waals surface area contributed by atoms with Crippen LogP contribution in [0.1, 0.15) is 24.2 Å². The predicted molar refractivity (Wildman–Crippen MR) is 130 cm³/mol. The summed E-state index contributed by atoms with van der Waals surface area (Å²) in [6.07, 6.45) is -0.0603. The maximum atomic E-state index is 12.7. The number of morpholine rings is 1. The third-order valence-electron chi connectivity index (χ3n) is 5.53. The van der Waals surface area contributed by atoms with Crippen LogP contribution in [0.5, 0.6) is 0 Å². The fraction of sp³-hybridized carbons (Fsp3) is 0.391. The van der Waals surface area contributed by atoms with E-state index in [0.29, 0.717) is 41.4 Å². The highest BCUT2D eigenvalue weighted by atomic mass is 32.2. The van der Waals surface area contributed by atoms with Gasteiger partial charge >= 0.3 is 5.69 Å². The monoisotopic (exact) mass is 487 g/mol. The van der Waals surface area contributed by atoms with Gasteiger partial charge in [0.25, 0.3) is 15.9 Å². The van der Waals surface area contributed by atoms with Crippen LogP contribution in [0.15, 0.2) is 52.2 Å². The zero-order chi connectivity index (χ0) is 24.3. The molecular weight excluding hydrogens is 458 g/mol. The normalized spacial score (nSPS) is 17.2. The summed E-state index contributed by atoms with van der Waals surface area (Å²) in [7, 11) is -3.88. The van der Waals surface area contributed by atoms with Gasteiger partial charge in [0.1, 0.15) is 0 Å². The second-order valence-electron chi connectivity index (χ2n) is 8.83. The van der Waals surface area contributed by atoms with Crippen molar-refractivity contribution in [2.24, 2.45) is 5.92 Å². The molecule has 1 saturated heterocycles. The summed E-state index contributed by atoms with van der Waals surface area (Å²) in [6.45, 7) is 8.10. The van der Waals surface area contributed by atoms with Gasteiger partial charge in [-0.3, -0.25) is 14.4 Å². The number of hydrogen-bond acceptors (Lipinski definition) is 6. The van der Waals surface area contributed by atoms with Gasteiger partial charge in [0.15, 0.2) is 0 Å². The Morgan fingerprint density at radius 2 is 1.88 bits per heavy atom. The molecule has 0 bridgehead atoms. The highest BCUT2D eigenvalue weighted by Crippen LogP contribution is 2.19. The lowest BCUT2D eigenvalue weighted by Crippen LogP contribution is -2.48. The van der Waals surface area contributed by atoms with E-state index in [-0.39, 0.29) is 16.9 Å². The Kier molecular flexibility index (Phi) is 7.05. The topological polar surface area (TPSA) is 136 Å². The molecule has 182 valence electrons. The fourth-order valence-electron chi connectivity index (χ4n) is 3.98. The second-order valence-corrected chi connectivity index (χ2v) is 10.5. The summed E-state index contributed by atoms with van der Waals surface area (Å²) < 4.78 is 33.7. The van der Waals surface area contributed by atoms with Crippen LogP contribution < -0.4 is 15.7 Å². The van der Waals surface area contributed by atoms with Crippen LogP contribution >= 0.6 is 0 Å². The molecule has 0 unspecified atom stereocenters. The standard InChI is InChI=1S/C23H29N5O5S/c1-15(2)13-28-9-10-33-18(14-28)12-24-22(29)16-3-5-17(6-4-16)27-34(31,32)19-7-8-20-21(11-19)26-23(30)25-20/h3-8,11,15,18,27H,9-10,12-14H2,1-2H3,(H,24,29)(H2,25,26,30)/t18-/m0/s1. The van der Waals surface area contributed by atoms with Gasteiger partial charge in [-0.15, -0.1) is 0 Å². The summed E-state index contributed by atoms with van der Waals surface area (Å²) in [5, 5.41) is 2.89. The molecule has 1 aliphatic rings. The number of aromatic nitrogens is 2. The summed E-state index contributed by atoms with van der Waals surface area (Å²) >= 11 is 0. The highest BCUT2D eigenvalue weighted by Gasteiger charge is 2.22. The van der Waals surface area contributed by atoms with E-state index in [1.807, 2.05) is 0 Å². The lowest BCUT2D eigenvalue weighted by Gasteiger charge is -2.33. The van der Waals surface area contributed by atoms with Crippen molar-refractivity contribution in [1.82, 2.24) is 20.2 Å². The van der Waals surface area contributed by atoms with Crippen molar-refractivity contribution in [2.75, 3.05) is 37.5 Å². The minimum Gasteiger partial charge on any atom is -0.374 e. The molecular formula is C23H29N5O5S. The summed E-state index contributed by atoms with van der Waals surface area (Å²) in [5.41, 5.74) is 1.25. The van der Waals surface area contributed by atoms with Crippen molar-refractivity contribution >= 4 is 32.7 Å². The number of nitrogens with zero attached hydrogens (tertiary/aromatic N) is 1. The second kappa shape index (κ2) is 10.00. The van der Waals surface area contributed by atoms with Crippen LogP contribution in [0.4, 0.5) is 5.69 Å². The van der Waals surface area contributed by atoms with Gasteiger partial charge in [0, 0.05) is 37.4 Å². The maximum Gasteiger partial charge on any atom is 0.323 e. The number of anilines is 1. The van der Waals surface area contributed by atoms with Crippen molar-refractivity contribution in [3.05, 3.63) is 58.5 Å². The smallest absolute Gasteiger partial charge is 0.323 e. The first-order valence-electron chi connectivity index (χ1n) is 11.2. The van der Waals surface area contributed by atoms with E-state index >= 15 is 0 Å². The Labute approximate surface area is 197 Å². The van der Waals surface area contributed by atoms with E-state index in [2.05, 4.69) is 38.8 Å². The van der Waals surface area contributed by atoms with Crippen LogP contribution in [0.25, 0.3) is 11.0 Å². The fourth-order valence-corrected chi connectivity index (χ4v) is 5.06. The molecule has 0 radical (unpaired) electrons. The molecule has 1 aromatic heterocycles. The van der Waals surface area contributed by atoms with Crippen molar-refractivity contribution < 1.29 is 17.9 Å². The van der Waals surface area contributed by atoms with E-state index in [1.165, 1.54) is 30.3 Å². The van der Waals surface area contributed by atoms with Gasteiger partial charge in [0.2, 0.25) is 0 Å². The van der Waals surface area contributed by atoms with Gasteiger partial charge in [-0.2, -0.15) is 0 Å². The molecule has 4 rings (SSSR count). The SMILES string of the molecule is CC(C)CN1CCO[C@@H](CNC(=O)c2ccc(NS(=O)(=O)c3ccc4[nH]c(=O)[nH]c4c3)cc2)C1. The average molecular weight is 488 g/mol. The molecule has 1 amide bonds. The van der Waals surface area contributed by atoms with Crippen LogP contribution in [0.2, 0.25) is 0 Å². The molecule has 4 N–H and O–H groups in total. The number of ether oxygens (including phenoxy) is 1. The van der Waals surface area contributed by atoms with Gasteiger partial charge in [0.05, 0.1) is 28.6 Å². The Morgan fingerprint density at radius 1 is 1.15 bits per heavy atom. The largest absolute Gasteiger partial charge is 0.374 e. The van der Waals surface area contributed by atoms with E-state index in [0.717, 1.165) is 19.6 Å². The molecule has 1 aliphatic heterocycles. The van der Waals surface area contributed by atoms with Crippen LogP contribution in [0, 0.1) is 5.92 Å². The Morgan fingerprint density at radius 3 is 2.62 bits per heavy atom. The van der Waals surface area contributed by atoms with Crippen molar-refractivity contribution in [1.29, 1.82) is 0 Å². The van der Waals surface area contributed by atoms with E-state index in [4.69, 9.17) is 4.74 Å². The summed E-state index contributed by atoms with van der Waals surface area (Å²) in [6, 6.07) is 10.5. The first kappa shape index (κ1) is 24.0. The zero-order valence-electron chi connectivity index (χ0n) is 19.1. The number of carbonyl (C=O) groups is 1. The molecule has 0 spiro atoms. The van der Waals surface area contributed by atoms with Gasteiger partial charge in [-0.1, -0.05) is 13.8 Å². The van der Waals surface area contributed by atoms with Gasteiger partial charge in [-0.25, -0.2) is 13.2 Å². The number of sulfonamides is 1. The molecule has 10 nitrogen and oxygen atoms in total. The molecule has 34 heavy (non-hydrogen) atoms. The molecule has 2 heterocycles. The van der Waals surface area contributed by atoms with E-state index in [1.54, 1.807) is 12.1 Å². The minimum atomic E-state index is -3.88.